The molecule has 0 aromatic carbocycles. The minimum absolute atomic E-state index is 0. The van der Waals surface area contributed by atoms with Gasteiger partial charge in [-0.25, -0.2) is 0 Å². The quantitative estimate of drug-likeness (QED) is 0.284. The molecule has 0 aromatic rings. The standard InChI is InChI=1S/C5H9Si.2CH3.Al/c1-5-6(2,3)4;;;/h2-4H3;2*1H3;/q3*-1;+3. The van der Waals surface area contributed by atoms with E-state index < -0.39 is 8.07 Å². The Morgan fingerprint density at radius 1 is 1.11 bits per heavy atom. The molecule has 0 spiro atoms. The maximum Gasteiger partial charge on any atom is 3.00 e. The van der Waals surface area contributed by atoms with E-state index >= 15 is 0 Å². The van der Waals surface area contributed by atoms with Crippen molar-refractivity contribution >= 4 is 25.4 Å². The fourth-order valence-electron chi connectivity index (χ4n) is 0. The predicted octanol–water partition coefficient (Wildman–Crippen LogP) is 1.97. The molecule has 0 bridgehead atoms. The molecule has 2 heteroatoms. The van der Waals surface area contributed by atoms with E-state index in [1.807, 2.05) is 0 Å². The van der Waals surface area contributed by atoms with Gasteiger partial charge in [0.15, 0.2) is 0 Å². The Kier molecular flexibility index (Phi) is 21.1. The second-order valence-electron chi connectivity index (χ2n) is 2.38. The summed E-state index contributed by atoms with van der Waals surface area (Å²) in [6.45, 7) is 6.25. The van der Waals surface area contributed by atoms with Gasteiger partial charge in [-0.3, -0.25) is 0 Å². The summed E-state index contributed by atoms with van der Waals surface area (Å²) in [6, 6.07) is 0. The van der Waals surface area contributed by atoms with E-state index in [1.165, 1.54) is 0 Å². The number of rotatable bonds is 0. The van der Waals surface area contributed by atoms with E-state index in [2.05, 4.69) is 25.2 Å². The summed E-state index contributed by atoms with van der Waals surface area (Å²) >= 11 is 0. The summed E-state index contributed by atoms with van der Waals surface area (Å²) in [7, 11) is -1.21. The van der Waals surface area contributed by atoms with Crippen LogP contribution in [-0.2, 0) is 0 Å². The van der Waals surface area contributed by atoms with Crippen molar-refractivity contribution in [2.24, 2.45) is 0 Å². The molecular formula is C7H15AlSi. The van der Waals surface area contributed by atoms with Crippen LogP contribution in [0, 0.1) is 26.8 Å². The molecule has 0 N–H and O–H groups in total. The predicted molar refractivity (Wildman–Crippen MR) is 49.1 cm³/mol. The van der Waals surface area contributed by atoms with Crippen molar-refractivity contribution in [1.29, 1.82) is 0 Å². The molecule has 0 aromatic heterocycles. The molecule has 0 fully saturated rings. The third kappa shape index (κ3) is 30.2. The molecule has 0 aliphatic rings. The monoisotopic (exact) mass is 154 g/mol. The summed E-state index contributed by atoms with van der Waals surface area (Å²) in [5, 5.41) is 0. The van der Waals surface area contributed by atoms with Crippen LogP contribution in [0.3, 0.4) is 0 Å². The average Bonchev–Trinajstić information content (AvgIpc) is 1.35. The fraction of sp³-hybridized carbons (Fsp3) is 0.429. The topological polar surface area (TPSA) is 0 Å². The van der Waals surface area contributed by atoms with Crippen molar-refractivity contribution in [3.63, 3.8) is 0 Å². The largest absolute Gasteiger partial charge is 3.00 e. The van der Waals surface area contributed by atoms with Crippen LogP contribution in [0.4, 0.5) is 0 Å². The van der Waals surface area contributed by atoms with Gasteiger partial charge in [0, 0.05) is 0 Å². The first-order valence-electron chi connectivity index (χ1n) is 2.00. The fourth-order valence-corrected chi connectivity index (χ4v) is 0. The molecule has 0 rings (SSSR count). The molecule has 0 atom stereocenters. The van der Waals surface area contributed by atoms with Crippen LogP contribution in [0.5, 0.6) is 0 Å². The van der Waals surface area contributed by atoms with E-state index in [0.717, 1.165) is 0 Å². The normalized spacial score (nSPS) is 6.89. The Morgan fingerprint density at radius 2 is 1.22 bits per heavy atom. The molecule has 0 unspecified atom stereocenters. The minimum atomic E-state index is -1.21. The molecule has 0 aliphatic heterocycles. The first-order chi connectivity index (χ1) is 2.56. The van der Waals surface area contributed by atoms with E-state index in [1.54, 1.807) is 0 Å². The molecule has 50 valence electrons. The zero-order valence-electron chi connectivity index (χ0n) is 7.08. The summed E-state index contributed by atoms with van der Waals surface area (Å²) < 4.78 is 0. The maximum absolute atomic E-state index is 6.67. The van der Waals surface area contributed by atoms with Crippen LogP contribution in [0.2, 0.25) is 19.6 Å². The summed E-state index contributed by atoms with van der Waals surface area (Å²) in [5.74, 6) is 0. The first kappa shape index (κ1) is 22.8. The Hall–Kier alpha value is 0.309. The molecule has 0 aliphatic carbocycles. The third-order valence-corrected chi connectivity index (χ3v) is 1.12. The molecule has 0 saturated heterocycles. The molecular weight excluding hydrogens is 139 g/mol. The van der Waals surface area contributed by atoms with Crippen molar-refractivity contribution < 1.29 is 0 Å². The van der Waals surface area contributed by atoms with Gasteiger partial charge in [-0.05, 0) is 0 Å². The van der Waals surface area contributed by atoms with E-state index in [9.17, 15) is 0 Å². The van der Waals surface area contributed by atoms with E-state index in [-0.39, 0.29) is 32.2 Å². The van der Waals surface area contributed by atoms with Gasteiger partial charge in [-0.15, -0.1) is 0 Å². The van der Waals surface area contributed by atoms with Crippen molar-refractivity contribution in [3.8, 4) is 5.54 Å². The summed E-state index contributed by atoms with van der Waals surface area (Å²) in [6.07, 6.45) is 6.67. The van der Waals surface area contributed by atoms with Gasteiger partial charge in [0.25, 0.3) is 0 Å². The first-order valence-corrected chi connectivity index (χ1v) is 5.50. The Morgan fingerprint density at radius 3 is 1.22 bits per heavy atom. The Bertz CT molecular complexity index is 75.9. The van der Waals surface area contributed by atoms with Gasteiger partial charge in [0.1, 0.15) is 0 Å². The Labute approximate surface area is 72.2 Å². The molecule has 0 radical (unpaired) electrons. The second-order valence-corrected chi connectivity index (χ2v) is 7.12. The number of hydrogen-bond acceptors (Lipinski definition) is 0. The van der Waals surface area contributed by atoms with Gasteiger partial charge in [-0.1, -0.05) is 19.6 Å². The van der Waals surface area contributed by atoms with Crippen LogP contribution >= 0.6 is 0 Å². The van der Waals surface area contributed by atoms with Crippen molar-refractivity contribution in [3.05, 3.63) is 21.3 Å². The summed E-state index contributed by atoms with van der Waals surface area (Å²) in [4.78, 5) is 0. The van der Waals surface area contributed by atoms with Gasteiger partial charge in [0.2, 0.25) is 0 Å². The molecule has 0 heterocycles. The van der Waals surface area contributed by atoms with Crippen molar-refractivity contribution in [2.45, 2.75) is 19.6 Å². The van der Waals surface area contributed by atoms with Gasteiger partial charge >= 0.3 is 17.4 Å². The molecule has 0 amide bonds. The van der Waals surface area contributed by atoms with Gasteiger partial charge < -0.3 is 26.8 Å². The van der Waals surface area contributed by atoms with Crippen LogP contribution in [-0.4, -0.2) is 25.4 Å². The average molecular weight is 154 g/mol. The van der Waals surface area contributed by atoms with Gasteiger partial charge in [0.05, 0.1) is 8.07 Å². The van der Waals surface area contributed by atoms with Gasteiger partial charge in [-0.2, -0.15) is 0 Å². The number of hydrogen-bond donors (Lipinski definition) is 0. The Balaban J connectivity index is -0.0000000417. The van der Waals surface area contributed by atoms with E-state index in [4.69, 9.17) is 6.42 Å². The molecule has 0 saturated carbocycles. The zero-order valence-corrected chi connectivity index (χ0v) is 9.23. The van der Waals surface area contributed by atoms with Crippen LogP contribution in [0.1, 0.15) is 0 Å². The minimum Gasteiger partial charge on any atom is -0.701 e. The second kappa shape index (κ2) is 8.31. The maximum atomic E-state index is 6.67. The molecule has 0 nitrogen and oxygen atoms in total. The third-order valence-electron chi connectivity index (χ3n) is 0.375. The van der Waals surface area contributed by atoms with Crippen molar-refractivity contribution in [1.82, 2.24) is 0 Å². The van der Waals surface area contributed by atoms with Crippen molar-refractivity contribution in [2.75, 3.05) is 0 Å². The van der Waals surface area contributed by atoms with Crippen LogP contribution < -0.4 is 0 Å². The molecule has 9 heavy (non-hydrogen) atoms. The SMILES string of the molecule is [Al+3].[C-]#C[Si](C)(C)C.[CH3-].[CH3-]. The summed E-state index contributed by atoms with van der Waals surface area (Å²) in [5.41, 5.74) is 2.49. The smallest absolute Gasteiger partial charge is 0.701 e. The zero-order chi connectivity index (χ0) is 5.21. The van der Waals surface area contributed by atoms with Crippen LogP contribution in [0.25, 0.3) is 0 Å². The van der Waals surface area contributed by atoms with E-state index in [0.29, 0.717) is 0 Å². The van der Waals surface area contributed by atoms with Crippen LogP contribution in [0.15, 0.2) is 0 Å².